The molecule has 0 aliphatic rings. The lowest BCUT2D eigenvalue weighted by atomic mass is 10.3. The van der Waals surface area contributed by atoms with E-state index in [0.29, 0.717) is 5.69 Å². The van der Waals surface area contributed by atoms with Crippen LogP contribution in [0.15, 0.2) is 29.2 Å². The number of carbonyl (C=O) groups excluding carboxylic acids is 1. The average Bonchev–Trinajstić information content (AvgIpc) is 2.14. The van der Waals surface area contributed by atoms with Gasteiger partial charge in [-0.3, -0.25) is 4.79 Å². The van der Waals surface area contributed by atoms with Crippen LogP contribution in [0.5, 0.6) is 0 Å². The Bertz CT molecular complexity index is 411. The van der Waals surface area contributed by atoms with Gasteiger partial charge in [-0.1, -0.05) is 0 Å². The van der Waals surface area contributed by atoms with Crippen molar-refractivity contribution in [1.29, 1.82) is 0 Å². The summed E-state index contributed by atoms with van der Waals surface area (Å²) in [6, 6.07) is 5.78. The molecule has 1 aromatic carbocycles. The molecule has 1 aromatic rings. The minimum absolute atomic E-state index is 0.0399. The number of primary sulfonamides is 1. The lowest BCUT2D eigenvalue weighted by Crippen LogP contribution is -2.12. The summed E-state index contributed by atoms with van der Waals surface area (Å²) < 4.78 is 21.7. The molecule has 0 bridgehead atoms. The molecule has 0 aliphatic heterocycles. The Kier molecular flexibility index (Phi) is 3.21. The summed E-state index contributed by atoms with van der Waals surface area (Å²) in [7, 11) is -3.65. The monoisotopic (exact) mass is 213 g/mol. The van der Waals surface area contributed by atoms with Crippen molar-refractivity contribution in [2.24, 2.45) is 5.14 Å². The smallest absolute Gasteiger partial charge is 0.238 e. The third-order valence-corrected chi connectivity index (χ3v) is 2.48. The van der Waals surface area contributed by atoms with Crippen molar-refractivity contribution < 1.29 is 13.2 Å². The second-order valence-corrected chi connectivity index (χ2v) is 4.13. The fourth-order valence-electron chi connectivity index (χ4n) is 0.901. The Morgan fingerprint density at radius 1 is 1.29 bits per heavy atom. The first-order chi connectivity index (χ1) is 6.54. The molecule has 5 nitrogen and oxygen atoms in total. The van der Waals surface area contributed by atoms with Crippen LogP contribution in [-0.2, 0) is 14.8 Å². The standard InChI is InChI=1S/C8H9N2O3S/c9-14(12,13)8-3-1-7(2-4-8)10-5-6-11/h1-4,10H,5H2,(H2,9,12,13). The van der Waals surface area contributed by atoms with Crippen LogP contribution < -0.4 is 10.5 Å². The van der Waals surface area contributed by atoms with Crippen molar-refractivity contribution >= 4 is 22.0 Å². The molecule has 1 rings (SSSR count). The highest BCUT2D eigenvalue weighted by atomic mass is 32.2. The van der Waals surface area contributed by atoms with E-state index in [1.807, 2.05) is 0 Å². The summed E-state index contributed by atoms with van der Waals surface area (Å²) in [6.45, 7) is 0.0642. The van der Waals surface area contributed by atoms with Gasteiger partial charge in [0.15, 0.2) is 0 Å². The second kappa shape index (κ2) is 4.21. The third-order valence-electron chi connectivity index (χ3n) is 1.55. The zero-order valence-corrected chi connectivity index (χ0v) is 8.04. The highest BCUT2D eigenvalue weighted by Crippen LogP contribution is 2.11. The first-order valence-corrected chi connectivity index (χ1v) is 5.30. The van der Waals surface area contributed by atoms with Crippen molar-refractivity contribution in [2.45, 2.75) is 4.90 Å². The molecular formula is C8H9N2O3S. The Morgan fingerprint density at radius 2 is 1.86 bits per heavy atom. The molecule has 0 aromatic heterocycles. The fourth-order valence-corrected chi connectivity index (χ4v) is 1.42. The Morgan fingerprint density at radius 3 is 2.29 bits per heavy atom. The van der Waals surface area contributed by atoms with Gasteiger partial charge in [-0.05, 0) is 24.3 Å². The number of rotatable bonds is 4. The molecule has 0 aliphatic carbocycles. The minimum atomic E-state index is -3.65. The topological polar surface area (TPSA) is 89.3 Å². The summed E-state index contributed by atoms with van der Waals surface area (Å²) >= 11 is 0. The fraction of sp³-hybridized carbons (Fsp3) is 0.125. The molecule has 0 saturated heterocycles. The van der Waals surface area contributed by atoms with Crippen LogP contribution >= 0.6 is 0 Å². The predicted molar refractivity (Wildman–Crippen MR) is 52.0 cm³/mol. The van der Waals surface area contributed by atoms with E-state index in [2.05, 4.69) is 5.32 Å². The largest absolute Gasteiger partial charge is 0.377 e. The van der Waals surface area contributed by atoms with Gasteiger partial charge >= 0.3 is 0 Å². The molecule has 75 valence electrons. The van der Waals surface area contributed by atoms with Gasteiger partial charge in [0.25, 0.3) is 0 Å². The van der Waals surface area contributed by atoms with E-state index in [-0.39, 0.29) is 11.4 Å². The maximum atomic E-state index is 10.9. The Labute approximate surface area is 82.0 Å². The molecule has 6 heteroatoms. The minimum Gasteiger partial charge on any atom is -0.377 e. The van der Waals surface area contributed by atoms with Gasteiger partial charge in [0.1, 0.15) is 0 Å². The van der Waals surface area contributed by atoms with Gasteiger partial charge in [0, 0.05) is 5.69 Å². The van der Waals surface area contributed by atoms with Gasteiger partial charge in [-0.15, -0.1) is 0 Å². The molecule has 0 spiro atoms. The SMILES string of the molecule is NS(=O)(=O)c1ccc(NC[C]=O)cc1. The second-order valence-electron chi connectivity index (χ2n) is 2.57. The number of nitrogens with two attached hydrogens (primary N) is 1. The van der Waals surface area contributed by atoms with E-state index in [1.165, 1.54) is 24.3 Å². The van der Waals surface area contributed by atoms with Crippen molar-refractivity contribution in [2.75, 3.05) is 11.9 Å². The summed E-state index contributed by atoms with van der Waals surface area (Å²) in [4.78, 5) is 9.94. The molecule has 0 atom stereocenters. The van der Waals surface area contributed by atoms with E-state index in [9.17, 15) is 13.2 Å². The van der Waals surface area contributed by atoms with Crippen molar-refractivity contribution in [3.8, 4) is 0 Å². The molecule has 0 amide bonds. The average molecular weight is 213 g/mol. The van der Waals surface area contributed by atoms with E-state index >= 15 is 0 Å². The number of benzene rings is 1. The van der Waals surface area contributed by atoms with Crippen LogP contribution in [-0.4, -0.2) is 21.2 Å². The maximum Gasteiger partial charge on any atom is 0.238 e. The maximum absolute atomic E-state index is 10.9. The Hall–Kier alpha value is -1.40. The van der Waals surface area contributed by atoms with Crippen LogP contribution in [0, 0.1) is 0 Å². The van der Waals surface area contributed by atoms with Gasteiger partial charge in [-0.25, -0.2) is 13.6 Å². The van der Waals surface area contributed by atoms with Crippen LogP contribution in [0.4, 0.5) is 5.69 Å². The van der Waals surface area contributed by atoms with Gasteiger partial charge in [0.2, 0.25) is 16.3 Å². The number of anilines is 1. The van der Waals surface area contributed by atoms with E-state index in [1.54, 1.807) is 6.29 Å². The molecule has 3 N–H and O–H groups in total. The molecule has 0 unspecified atom stereocenters. The number of hydrogen-bond donors (Lipinski definition) is 2. The van der Waals surface area contributed by atoms with Gasteiger partial charge in [-0.2, -0.15) is 0 Å². The van der Waals surface area contributed by atoms with Crippen LogP contribution in [0.1, 0.15) is 0 Å². The van der Waals surface area contributed by atoms with E-state index < -0.39 is 10.0 Å². The van der Waals surface area contributed by atoms with Crippen molar-refractivity contribution in [3.63, 3.8) is 0 Å². The van der Waals surface area contributed by atoms with Gasteiger partial charge < -0.3 is 5.32 Å². The number of nitrogens with one attached hydrogen (secondary N) is 1. The predicted octanol–water partition coefficient (Wildman–Crippen LogP) is -0.144. The summed E-state index contributed by atoms with van der Waals surface area (Å²) in [6.07, 6.45) is 1.66. The number of hydrogen-bond acceptors (Lipinski definition) is 4. The van der Waals surface area contributed by atoms with Crippen molar-refractivity contribution in [3.05, 3.63) is 24.3 Å². The number of sulfonamides is 1. The van der Waals surface area contributed by atoms with Crippen LogP contribution in [0.2, 0.25) is 0 Å². The van der Waals surface area contributed by atoms with Crippen molar-refractivity contribution in [1.82, 2.24) is 0 Å². The molecule has 14 heavy (non-hydrogen) atoms. The highest BCUT2D eigenvalue weighted by Gasteiger charge is 2.05. The third kappa shape index (κ3) is 2.82. The summed E-state index contributed by atoms with van der Waals surface area (Å²) in [5.41, 5.74) is 0.640. The van der Waals surface area contributed by atoms with Crippen LogP contribution in [0.25, 0.3) is 0 Å². The normalized spacial score (nSPS) is 10.9. The molecular weight excluding hydrogens is 204 g/mol. The zero-order chi connectivity index (χ0) is 10.6. The lowest BCUT2D eigenvalue weighted by Gasteiger charge is -2.02. The molecule has 0 heterocycles. The summed E-state index contributed by atoms with van der Waals surface area (Å²) in [5.74, 6) is 0. The Balaban J connectivity index is 2.84. The summed E-state index contributed by atoms with van der Waals surface area (Å²) in [5, 5.41) is 7.61. The highest BCUT2D eigenvalue weighted by molar-refractivity contribution is 7.89. The molecule has 0 fully saturated rings. The zero-order valence-electron chi connectivity index (χ0n) is 7.23. The van der Waals surface area contributed by atoms with E-state index in [4.69, 9.17) is 5.14 Å². The first-order valence-electron chi connectivity index (χ1n) is 3.76. The quantitative estimate of drug-likeness (QED) is 0.728. The van der Waals surface area contributed by atoms with Crippen LogP contribution in [0.3, 0.4) is 0 Å². The molecule has 1 radical (unpaired) electrons. The van der Waals surface area contributed by atoms with Gasteiger partial charge in [0.05, 0.1) is 11.4 Å². The lowest BCUT2D eigenvalue weighted by molar-refractivity contribution is 0.557. The molecule has 0 saturated carbocycles. The van der Waals surface area contributed by atoms with E-state index in [0.717, 1.165) is 0 Å². The first kappa shape index (κ1) is 10.7.